The van der Waals surface area contributed by atoms with Gasteiger partial charge in [-0.05, 0) is 6.42 Å². The molecule has 0 radical (unpaired) electrons. The van der Waals surface area contributed by atoms with Gasteiger partial charge in [0.15, 0.2) is 0 Å². The molecule has 4 heteroatoms. The number of aromatic nitrogens is 2. The second-order valence-electron chi connectivity index (χ2n) is 2.14. The minimum Gasteiger partial charge on any atom is -0.224 e. The van der Waals surface area contributed by atoms with Crippen LogP contribution in [0.25, 0.3) is 0 Å². The average Bonchev–Trinajstić information content (AvgIpc) is 2.20. The molecular formula is C6H11N2S2+. The van der Waals surface area contributed by atoms with Gasteiger partial charge in [0.25, 0.3) is 0 Å². The predicted molar refractivity (Wildman–Crippen MR) is 46.6 cm³/mol. The van der Waals surface area contributed by atoms with Crippen molar-refractivity contribution in [1.29, 1.82) is 0 Å². The molecular weight excluding hydrogens is 164 g/mol. The van der Waals surface area contributed by atoms with Crippen LogP contribution in [-0.4, -0.2) is 3.97 Å². The van der Waals surface area contributed by atoms with Crippen molar-refractivity contribution in [3.8, 4) is 0 Å². The van der Waals surface area contributed by atoms with E-state index in [1.54, 1.807) is 3.97 Å². The summed E-state index contributed by atoms with van der Waals surface area (Å²) < 4.78 is 3.74. The van der Waals surface area contributed by atoms with E-state index in [9.17, 15) is 0 Å². The Morgan fingerprint density at radius 1 is 1.70 bits per heavy atom. The summed E-state index contributed by atoms with van der Waals surface area (Å²) in [5, 5.41) is 0.880. The van der Waals surface area contributed by atoms with Crippen LogP contribution in [0.2, 0.25) is 0 Å². The van der Waals surface area contributed by atoms with Crippen LogP contribution in [0.1, 0.15) is 13.3 Å². The van der Waals surface area contributed by atoms with Gasteiger partial charge in [0.1, 0.15) is 12.4 Å². The van der Waals surface area contributed by atoms with Crippen LogP contribution in [-0.2, 0) is 6.54 Å². The summed E-state index contributed by atoms with van der Waals surface area (Å²) in [4.78, 5) is 0. The highest BCUT2D eigenvalue weighted by Crippen LogP contribution is 2.01. The Bertz CT molecular complexity index is 220. The summed E-state index contributed by atoms with van der Waals surface area (Å²) in [6.07, 6.45) is 4.97. The fourth-order valence-corrected chi connectivity index (χ4v) is 1.23. The molecule has 1 aromatic heterocycles. The first kappa shape index (κ1) is 8.01. The molecule has 0 atom stereocenters. The lowest BCUT2D eigenvalue weighted by Gasteiger charge is -1.91. The van der Waals surface area contributed by atoms with Crippen LogP contribution in [0, 0.1) is 0 Å². The molecule has 0 aromatic carbocycles. The molecule has 0 spiro atoms. The summed E-state index contributed by atoms with van der Waals surface area (Å²) in [5.41, 5.74) is 0. The smallest absolute Gasteiger partial charge is 0.224 e. The predicted octanol–water partition coefficient (Wildman–Crippen LogP) is 1.17. The molecule has 0 fully saturated rings. The number of hydrogen-bond donors (Lipinski definition) is 2. The number of hydrogen-bond acceptors (Lipinski definition) is 2. The van der Waals surface area contributed by atoms with Gasteiger partial charge in [-0.2, -0.15) is 3.97 Å². The van der Waals surface area contributed by atoms with Gasteiger partial charge in [-0.3, -0.25) is 0 Å². The highest BCUT2D eigenvalue weighted by atomic mass is 32.1. The number of aryl methyl sites for hydroxylation is 1. The van der Waals surface area contributed by atoms with Crippen LogP contribution in [0.4, 0.5) is 0 Å². The van der Waals surface area contributed by atoms with Gasteiger partial charge >= 0.3 is 5.16 Å². The van der Waals surface area contributed by atoms with E-state index in [0.717, 1.165) is 18.1 Å². The second-order valence-corrected chi connectivity index (χ2v) is 2.97. The first-order valence-electron chi connectivity index (χ1n) is 3.24. The highest BCUT2D eigenvalue weighted by molar-refractivity contribution is 7.82. The Kier molecular flexibility index (Phi) is 2.68. The molecule has 1 heterocycles. The zero-order chi connectivity index (χ0) is 7.56. The van der Waals surface area contributed by atoms with E-state index >= 15 is 0 Å². The third-order valence-electron chi connectivity index (χ3n) is 1.31. The van der Waals surface area contributed by atoms with Gasteiger partial charge in [0.2, 0.25) is 0 Å². The van der Waals surface area contributed by atoms with Crippen molar-refractivity contribution in [2.75, 3.05) is 0 Å². The third kappa shape index (κ3) is 1.49. The minimum atomic E-state index is 0.880. The van der Waals surface area contributed by atoms with Crippen molar-refractivity contribution >= 4 is 25.4 Å². The number of thiol groups is 2. The van der Waals surface area contributed by atoms with Crippen molar-refractivity contribution in [2.24, 2.45) is 0 Å². The fraction of sp³-hybridized carbons (Fsp3) is 0.500. The van der Waals surface area contributed by atoms with Crippen LogP contribution >= 0.6 is 25.4 Å². The molecule has 0 aliphatic carbocycles. The average molecular weight is 175 g/mol. The van der Waals surface area contributed by atoms with E-state index in [-0.39, 0.29) is 0 Å². The maximum Gasteiger partial charge on any atom is 0.326 e. The van der Waals surface area contributed by atoms with Crippen molar-refractivity contribution in [3.05, 3.63) is 12.4 Å². The Morgan fingerprint density at radius 3 is 2.80 bits per heavy atom. The number of rotatable bonds is 2. The third-order valence-corrected chi connectivity index (χ3v) is 2.27. The van der Waals surface area contributed by atoms with Crippen molar-refractivity contribution < 1.29 is 4.57 Å². The van der Waals surface area contributed by atoms with E-state index in [1.807, 2.05) is 12.4 Å². The van der Waals surface area contributed by atoms with E-state index in [1.165, 1.54) is 0 Å². The standard InChI is InChI=1S/C6H10N2S2/c1-2-3-7-4-5-8(10)6(7)9/h4-5,10H,2-3H2,1H3/p+1. The molecule has 0 aliphatic heterocycles. The Labute approximate surface area is 71.8 Å². The molecule has 0 N–H and O–H groups in total. The van der Waals surface area contributed by atoms with E-state index < -0.39 is 0 Å². The van der Waals surface area contributed by atoms with E-state index in [2.05, 4.69) is 36.9 Å². The van der Waals surface area contributed by atoms with Crippen molar-refractivity contribution in [3.63, 3.8) is 0 Å². The summed E-state index contributed by atoms with van der Waals surface area (Å²) in [6.45, 7) is 3.14. The SMILES string of the molecule is CCC[n+]1ccn(S)c1S. The summed E-state index contributed by atoms with van der Waals surface area (Å²) >= 11 is 8.38. The molecule has 0 saturated heterocycles. The summed E-state index contributed by atoms with van der Waals surface area (Å²) in [7, 11) is 0. The molecule has 0 aliphatic rings. The molecule has 0 saturated carbocycles. The van der Waals surface area contributed by atoms with Crippen LogP contribution in [0.15, 0.2) is 17.6 Å². The topological polar surface area (TPSA) is 8.81 Å². The zero-order valence-electron chi connectivity index (χ0n) is 5.86. The van der Waals surface area contributed by atoms with Crippen LogP contribution < -0.4 is 4.57 Å². The maximum absolute atomic E-state index is 4.25. The lowest BCUT2D eigenvalue weighted by atomic mass is 10.5. The molecule has 10 heavy (non-hydrogen) atoms. The van der Waals surface area contributed by atoms with E-state index in [4.69, 9.17) is 0 Å². The fourth-order valence-electron chi connectivity index (χ4n) is 0.824. The highest BCUT2D eigenvalue weighted by Gasteiger charge is 2.08. The summed E-state index contributed by atoms with van der Waals surface area (Å²) in [5.74, 6) is 0. The van der Waals surface area contributed by atoms with E-state index in [0.29, 0.717) is 0 Å². The molecule has 1 rings (SSSR count). The quantitative estimate of drug-likeness (QED) is 0.493. The molecule has 0 bridgehead atoms. The maximum atomic E-state index is 4.25. The lowest BCUT2D eigenvalue weighted by Crippen LogP contribution is -2.32. The van der Waals surface area contributed by atoms with Gasteiger partial charge in [0.05, 0.1) is 6.54 Å². The van der Waals surface area contributed by atoms with Crippen molar-refractivity contribution in [2.45, 2.75) is 25.0 Å². The monoisotopic (exact) mass is 175 g/mol. The van der Waals surface area contributed by atoms with Gasteiger partial charge in [-0.25, -0.2) is 4.57 Å². The largest absolute Gasteiger partial charge is 0.326 e. The Hall–Kier alpha value is -0.0900. The Balaban J connectivity index is 2.83. The van der Waals surface area contributed by atoms with Gasteiger partial charge in [-0.1, -0.05) is 19.6 Å². The van der Waals surface area contributed by atoms with Crippen LogP contribution in [0.3, 0.4) is 0 Å². The van der Waals surface area contributed by atoms with Crippen LogP contribution in [0.5, 0.6) is 0 Å². The molecule has 0 unspecified atom stereocenters. The first-order valence-corrected chi connectivity index (χ1v) is 4.09. The summed E-state index contributed by atoms with van der Waals surface area (Å²) in [6, 6.07) is 0. The van der Waals surface area contributed by atoms with Gasteiger partial charge in [0, 0.05) is 12.8 Å². The lowest BCUT2D eigenvalue weighted by molar-refractivity contribution is -0.732. The number of imidazole rings is 1. The normalized spacial score (nSPS) is 10.3. The van der Waals surface area contributed by atoms with Gasteiger partial charge < -0.3 is 0 Å². The second kappa shape index (κ2) is 3.34. The molecule has 0 amide bonds. The van der Waals surface area contributed by atoms with Crippen molar-refractivity contribution in [1.82, 2.24) is 3.97 Å². The first-order chi connectivity index (χ1) is 4.75. The molecule has 56 valence electrons. The molecule has 2 nitrogen and oxygen atoms in total. The number of nitrogens with zero attached hydrogens (tertiary/aromatic N) is 2. The molecule has 1 aromatic rings. The van der Waals surface area contributed by atoms with Gasteiger partial charge in [-0.15, -0.1) is 0 Å². The minimum absolute atomic E-state index is 0.880. The Morgan fingerprint density at radius 2 is 2.40 bits per heavy atom. The zero-order valence-corrected chi connectivity index (χ0v) is 7.65.